The average molecular weight is 336 g/mol. The molecule has 1 aromatic heterocycles. The molecule has 0 amide bonds. The van der Waals surface area contributed by atoms with Crippen LogP contribution in [0.1, 0.15) is 36.6 Å². The second-order valence-electron chi connectivity index (χ2n) is 6.15. The quantitative estimate of drug-likeness (QED) is 0.476. The lowest BCUT2D eigenvalue weighted by atomic mass is 10.0. The first-order valence-electron chi connectivity index (χ1n) is 8.38. The molecule has 0 unspecified atom stereocenters. The standard InChI is InChI=1S/C17H29N5S/c1-5-15-10-19-16(23-15)11-20-17(18-4)21-14-6-8-22(9-7-14)12-13(2)3/h10,14H,2,5-9,11-12H2,1,3-4H3,(H2,18,20,21). The Balaban J connectivity index is 1.74. The molecule has 0 spiro atoms. The Bertz CT molecular complexity index is 529. The Kier molecular flexibility index (Phi) is 7.05. The van der Waals surface area contributed by atoms with Crippen molar-refractivity contribution in [3.8, 4) is 0 Å². The predicted molar refractivity (Wildman–Crippen MR) is 99.1 cm³/mol. The van der Waals surface area contributed by atoms with Crippen molar-refractivity contribution in [2.45, 2.75) is 45.7 Å². The second kappa shape index (κ2) is 9.03. The van der Waals surface area contributed by atoms with Gasteiger partial charge < -0.3 is 10.6 Å². The van der Waals surface area contributed by atoms with Crippen LogP contribution in [0, 0.1) is 0 Å². The van der Waals surface area contributed by atoms with Crippen LogP contribution in [-0.2, 0) is 13.0 Å². The molecule has 0 aromatic carbocycles. The molecule has 6 heteroatoms. The van der Waals surface area contributed by atoms with Gasteiger partial charge in [0, 0.05) is 43.8 Å². The summed E-state index contributed by atoms with van der Waals surface area (Å²) >= 11 is 1.77. The molecule has 0 atom stereocenters. The van der Waals surface area contributed by atoms with Gasteiger partial charge in [-0.15, -0.1) is 11.3 Å². The van der Waals surface area contributed by atoms with Crippen molar-refractivity contribution in [3.05, 3.63) is 28.2 Å². The van der Waals surface area contributed by atoms with Gasteiger partial charge in [0.25, 0.3) is 0 Å². The topological polar surface area (TPSA) is 52.5 Å². The third-order valence-electron chi connectivity index (χ3n) is 4.00. The van der Waals surface area contributed by atoms with Gasteiger partial charge in [0.15, 0.2) is 5.96 Å². The Morgan fingerprint density at radius 1 is 1.48 bits per heavy atom. The molecule has 0 aliphatic carbocycles. The van der Waals surface area contributed by atoms with Crippen molar-refractivity contribution < 1.29 is 0 Å². The molecule has 0 radical (unpaired) electrons. The molecule has 0 bridgehead atoms. The number of aliphatic imine (C=N–C) groups is 1. The summed E-state index contributed by atoms with van der Waals surface area (Å²) < 4.78 is 0. The summed E-state index contributed by atoms with van der Waals surface area (Å²) in [7, 11) is 1.82. The Labute approximate surface area is 143 Å². The number of hydrogen-bond acceptors (Lipinski definition) is 4. The van der Waals surface area contributed by atoms with Crippen LogP contribution in [0.3, 0.4) is 0 Å². The lowest BCUT2D eigenvalue weighted by molar-refractivity contribution is 0.221. The molecule has 1 saturated heterocycles. The summed E-state index contributed by atoms with van der Waals surface area (Å²) in [5.41, 5.74) is 1.24. The van der Waals surface area contributed by atoms with E-state index in [0.29, 0.717) is 6.04 Å². The van der Waals surface area contributed by atoms with Crippen LogP contribution in [0.5, 0.6) is 0 Å². The van der Waals surface area contributed by atoms with Gasteiger partial charge in [0.05, 0.1) is 6.54 Å². The van der Waals surface area contributed by atoms with Crippen LogP contribution in [-0.4, -0.2) is 48.6 Å². The second-order valence-corrected chi connectivity index (χ2v) is 7.35. The summed E-state index contributed by atoms with van der Waals surface area (Å²) in [5.74, 6) is 0.872. The maximum Gasteiger partial charge on any atom is 0.191 e. The van der Waals surface area contributed by atoms with Crippen LogP contribution >= 0.6 is 11.3 Å². The average Bonchev–Trinajstić information content (AvgIpc) is 3.00. The van der Waals surface area contributed by atoms with Gasteiger partial charge in [-0.3, -0.25) is 9.89 Å². The zero-order valence-corrected chi connectivity index (χ0v) is 15.4. The molecule has 1 aromatic rings. The Morgan fingerprint density at radius 3 is 2.78 bits per heavy atom. The fourth-order valence-electron chi connectivity index (χ4n) is 2.76. The van der Waals surface area contributed by atoms with Crippen molar-refractivity contribution in [2.24, 2.45) is 4.99 Å². The van der Waals surface area contributed by atoms with E-state index in [-0.39, 0.29) is 0 Å². The first kappa shape index (κ1) is 17.9. The van der Waals surface area contributed by atoms with Crippen molar-refractivity contribution in [3.63, 3.8) is 0 Å². The monoisotopic (exact) mass is 335 g/mol. The van der Waals surface area contributed by atoms with E-state index in [1.165, 1.54) is 10.5 Å². The van der Waals surface area contributed by atoms with Crippen molar-refractivity contribution in [2.75, 3.05) is 26.7 Å². The molecule has 1 aliphatic heterocycles. The van der Waals surface area contributed by atoms with E-state index >= 15 is 0 Å². The number of aromatic nitrogens is 1. The lowest BCUT2D eigenvalue weighted by Gasteiger charge is -2.33. The Morgan fingerprint density at radius 2 is 2.22 bits per heavy atom. The number of thiazole rings is 1. The number of rotatable bonds is 6. The SMILES string of the molecule is C=C(C)CN1CCC(NC(=NC)NCc2ncc(CC)s2)CC1. The Hall–Kier alpha value is -1.40. The number of piperidine rings is 1. The van der Waals surface area contributed by atoms with Crippen molar-refractivity contribution in [1.29, 1.82) is 0 Å². The molecule has 1 aliphatic rings. The van der Waals surface area contributed by atoms with Crippen LogP contribution in [0.15, 0.2) is 23.3 Å². The van der Waals surface area contributed by atoms with E-state index in [1.807, 2.05) is 13.2 Å². The van der Waals surface area contributed by atoms with Gasteiger partial charge in [-0.2, -0.15) is 0 Å². The highest BCUT2D eigenvalue weighted by molar-refractivity contribution is 7.11. The van der Waals surface area contributed by atoms with Gasteiger partial charge in [-0.1, -0.05) is 19.1 Å². The first-order valence-corrected chi connectivity index (χ1v) is 9.19. The molecule has 23 heavy (non-hydrogen) atoms. The third-order valence-corrected chi connectivity index (χ3v) is 5.14. The van der Waals surface area contributed by atoms with E-state index in [2.05, 4.69) is 45.9 Å². The minimum Gasteiger partial charge on any atom is -0.354 e. The fourth-order valence-corrected chi connectivity index (χ4v) is 3.56. The number of guanidine groups is 1. The number of hydrogen-bond donors (Lipinski definition) is 2. The van der Waals surface area contributed by atoms with Gasteiger partial charge in [0.1, 0.15) is 5.01 Å². The van der Waals surface area contributed by atoms with Crippen LogP contribution in [0.4, 0.5) is 0 Å². The van der Waals surface area contributed by atoms with Gasteiger partial charge in [0.2, 0.25) is 0 Å². The molecule has 5 nitrogen and oxygen atoms in total. The maximum atomic E-state index is 4.44. The summed E-state index contributed by atoms with van der Waals surface area (Å²) in [5, 5.41) is 8.02. The lowest BCUT2D eigenvalue weighted by Crippen LogP contribution is -2.48. The zero-order chi connectivity index (χ0) is 16.7. The predicted octanol–water partition coefficient (Wildman–Crippen LogP) is 2.41. The minimum atomic E-state index is 0.491. The number of aryl methyl sites for hydroxylation is 1. The summed E-state index contributed by atoms with van der Waals surface area (Å²) in [4.78, 5) is 12.6. The summed E-state index contributed by atoms with van der Waals surface area (Å²) in [6.45, 7) is 12.2. The number of nitrogens with zero attached hydrogens (tertiary/aromatic N) is 3. The van der Waals surface area contributed by atoms with Gasteiger partial charge in [-0.25, -0.2) is 4.98 Å². The molecule has 128 valence electrons. The smallest absolute Gasteiger partial charge is 0.191 e. The number of likely N-dealkylation sites (tertiary alicyclic amines) is 1. The first-order chi connectivity index (χ1) is 11.1. The maximum absolute atomic E-state index is 4.44. The molecule has 2 rings (SSSR count). The minimum absolute atomic E-state index is 0.491. The van der Waals surface area contributed by atoms with E-state index < -0.39 is 0 Å². The van der Waals surface area contributed by atoms with E-state index in [0.717, 1.165) is 56.4 Å². The van der Waals surface area contributed by atoms with Crippen molar-refractivity contribution >= 4 is 17.3 Å². The van der Waals surface area contributed by atoms with Gasteiger partial charge in [-0.05, 0) is 26.2 Å². The van der Waals surface area contributed by atoms with E-state index in [9.17, 15) is 0 Å². The van der Waals surface area contributed by atoms with Crippen molar-refractivity contribution in [1.82, 2.24) is 20.5 Å². The molecular formula is C17H29N5S. The van der Waals surface area contributed by atoms with Crippen LogP contribution < -0.4 is 10.6 Å². The van der Waals surface area contributed by atoms with Gasteiger partial charge >= 0.3 is 0 Å². The number of nitrogens with one attached hydrogen (secondary N) is 2. The normalized spacial score (nSPS) is 17.3. The molecule has 1 fully saturated rings. The van der Waals surface area contributed by atoms with Crippen LogP contribution in [0.25, 0.3) is 0 Å². The third kappa shape index (κ3) is 5.95. The highest BCUT2D eigenvalue weighted by atomic mass is 32.1. The molecule has 0 saturated carbocycles. The highest BCUT2D eigenvalue weighted by Crippen LogP contribution is 2.13. The zero-order valence-electron chi connectivity index (χ0n) is 14.6. The fraction of sp³-hybridized carbons (Fsp3) is 0.647. The summed E-state index contributed by atoms with van der Waals surface area (Å²) in [6, 6.07) is 0.491. The molecule has 2 N–H and O–H groups in total. The van der Waals surface area contributed by atoms with Crippen LogP contribution in [0.2, 0.25) is 0 Å². The van der Waals surface area contributed by atoms with E-state index in [4.69, 9.17) is 0 Å². The summed E-state index contributed by atoms with van der Waals surface area (Å²) in [6.07, 6.45) is 5.30. The highest BCUT2D eigenvalue weighted by Gasteiger charge is 2.19. The molecular weight excluding hydrogens is 306 g/mol. The largest absolute Gasteiger partial charge is 0.354 e. The molecule has 2 heterocycles. The van der Waals surface area contributed by atoms with E-state index in [1.54, 1.807) is 11.3 Å².